The van der Waals surface area contributed by atoms with E-state index in [9.17, 15) is 9.59 Å². The molecule has 0 aromatic heterocycles. The minimum absolute atomic E-state index is 0.282. The molecular formula is C10H19NO2. The number of carbonyl (C=O) groups is 2. The van der Waals surface area contributed by atoms with E-state index in [0.29, 0.717) is 6.42 Å². The lowest BCUT2D eigenvalue weighted by molar-refractivity contribution is -0.109. The van der Waals surface area contributed by atoms with Gasteiger partial charge in [-0.2, -0.15) is 0 Å². The Kier molecular flexibility index (Phi) is 8.88. The van der Waals surface area contributed by atoms with Gasteiger partial charge in [-0.25, -0.2) is 0 Å². The molecule has 0 saturated carbocycles. The molecule has 76 valence electrons. The van der Waals surface area contributed by atoms with Gasteiger partial charge in [0, 0.05) is 6.42 Å². The molecule has 0 aliphatic rings. The van der Waals surface area contributed by atoms with Crippen LogP contribution in [0.2, 0.25) is 0 Å². The average molecular weight is 185 g/mol. The normalized spacial score (nSPS) is 12.4. The lowest BCUT2D eigenvalue weighted by atomic mass is 10.1. The largest absolute Gasteiger partial charge is 0.322 e. The zero-order valence-corrected chi connectivity index (χ0v) is 8.08. The van der Waals surface area contributed by atoms with E-state index in [1.807, 2.05) is 0 Å². The minimum atomic E-state index is -0.282. The average Bonchev–Trinajstić information content (AvgIpc) is 2.16. The summed E-state index contributed by atoms with van der Waals surface area (Å²) in [7, 11) is 0. The van der Waals surface area contributed by atoms with E-state index in [1.54, 1.807) is 0 Å². The number of carbonyl (C=O) groups excluding carboxylic acids is 2. The maximum atomic E-state index is 10.1. The van der Waals surface area contributed by atoms with Crippen LogP contribution in [0.25, 0.3) is 0 Å². The van der Waals surface area contributed by atoms with Crippen molar-refractivity contribution in [2.24, 2.45) is 5.73 Å². The Morgan fingerprint density at radius 2 is 1.62 bits per heavy atom. The first-order chi connectivity index (χ1) is 6.31. The Morgan fingerprint density at radius 3 is 2.23 bits per heavy atom. The predicted octanol–water partition coefficient (Wildman–Crippen LogP) is 1.44. The summed E-state index contributed by atoms with van der Waals surface area (Å²) in [6.07, 6.45) is 8.58. The molecule has 1 atom stereocenters. The van der Waals surface area contributed by atoms with Crippen molar-refractivity contribution in [3.63, 3.8) is 0 Å². The molecule has 0 amide bonds. The molecule has 0 rings (SSSR count). The van der Waals surface area contributed by atoms with Gasteiger partial charge in [0.05, 0.1) is 6.04 Å². The van der Waals surface area contributed by atoms with Crippen molar-refractivity contribution in [3.05, 3.63) is 0 Å². The molecule has 0 aromatic rings. The molecule has 0 bridgehead atoms. The van der Waals surface area contributed by atoms with Gasteiger partial charge in [0.15, 0.2) is 0 Å². The Balaban J connectivity index is 2.99. The second kappa shape index (κ2) is 9.39. The molecule has 0 aliphatic heterocycles. The van der Waals surface area contributed by atoms with Crippen LogP contribution in [0.1, 0.15) is 44.9 Å². The van der Waals surface area contributed by atoms with Crippen molar-refractivity contribution in [1.82, 2.24) is 0 Å². The third-order valence-electron chi connectivity index (χ3n) is 2.03. The van der Waals surface area contributed by atoms with Gasteiger partial charge in [0.25, 0.3) is 0 Å². The Hall–Kier alpha value is -0.700. The number of hydrogen-bond donors (Lipinski definition) is 1. The van der Waals surface area contributed by atoms with E-state index in [1.165, 1.54) is 0 Å². The van der Waals surface area contributed by atoms with Crippen LogP contribution in [0.5, 0.6) is 0 Å². The van der Waals surface area contributed by atoms with Crippen molar-refractivity contribution < 1.29 is 9.59 Å². The van der Waals surface area contributed by atoms with E-state index in [4.69, 9.17) is 5.73 Å². The van der Waals surface area contributed by atoms with Gasteiger partial charge in [0.1, 0.15) is 12.6 Å². The first-order valence-corrected chi connectivity index (χ1v) is 4.95. The molecule has 0 aromatic carbocycles. The monoisotopic (exact) mass is 185 g/mol. The fourth-order valence-corrected chi connectivity index (χ4v) is 1.21. The fraction of sp³-hybridized carbons (Fsp3) is 0.800. The molecule has 3 heteroatoms. The van der Waals surface area contributed by atoms with Crippen molar-refractivity contribution in [1.29, 1.82) is 0 Å². The number of aldehydes is 2. The highest BCUT2D eigenvalue weighted by Crippen LogP contribution is 2.06. The first-order valence-electron chi connectivity index (χ1n) is 4.95. The Bertz CT molecular complexity index is 137. The zero-order chi connectivity index (χ0) is 9.94. The molecule has 1 unspecified atom stereocenters. The highest BCUT2D eigenvalue weighted by molar-refractivity contribution is 5.56. The predicted molar refractivity (Wildman–Crippen MR) is 52.4 cm³/mol. The summed E-state index contributed by atoms with van der Waals surface area (Å²) >= 11 is 0. The third kappa shape index (κ3) is 9.21. The minimum Gasteiger partial charge on any atom is -0.322 e. The first kappa shape index (κ1) is 12.3. The summed E-state index contributed by atoms with van der Waals surface area (Å²) in [6.45, 7) is 0. The summed E-state index contributed by atoms with van der Waals surface area (Å²) in [4.78, 5) is 20.1. The summed E-state index contributed by atoms with van der Waals surface area (Å²) in [5.74, 6) is 0. The molecule has 0 saturated heterocycles. The highest BCUT2D eigenvalue weighted by Gasteiger charge is 1.98. The number of hydrogen-bond acceptors (Lipinski definition) is 3. The van der Waals surface area contributed by atoms with Crippen LogP contribution in [-0.2, 0) is 9.59 Å². The molecule has 0 radical (unpaired) electrons. The van der Waals surface area contributed by atoms with Crippen LogP contribution in [-0.4, -0.2) is 18.6 Å². The molecule has 2 N–H and O–H groups in total. The van der Waals surface area contributed by atoms with Gasteiger partial charge in [-0.15, -0.1) is 0 Å². The van der Waals surface area contributed by atoms with E-state index < -0.39 is 0 Å². The number of rotatable bonds is 9. The smallest absolute Gasteiger partial charge is 0.136 e. The van der Waals surface area contributed by atoms with Crippen LogP contribution in [0.4, 0.5) is 0 Å². The van der Waals surface area contributed by atoms with Gasteiger partial charge in [-0.3, -0.25) is 0 Å². The summed E-state index contributed by atoms with van der Waals surface area (Å²) in [5.41, 5.74) is 5.42. The topological polar surface area (TPSA) is 60.2 Å². The van der Waals surface area contributed by atoms with Crippen LogP contribution >= 0.6 is 0 Å². The molecule has 0 heterocycles. The van der Waals surface area contributed by atoms with Gasteiger partial charge in [-0.05, 0) is 12.8 Å². The second-order valence-corrected chi connectivity index (χ2v) is 3.31. The van der Waals surface area contributed by atoms with Crippen molar-refractivity contribution in [2.75, 3.05) is 0 Å². The molecule has 0 aliphatic carbocycles. The van der Waals surface area contributed by atoms with Crippen molar-refractivity contribution in [3.8, 4) is 0 Å². The number of unbranched alkanes of at least 4 members (excludes halogenated alkanes) is 5. The molecular weight excluding hydrogens is 166 g/mol. The second-order valence-electron chi connectivity index (χ2n) is 3.31. The maximum absolute atomic E-state index is 10.1. The highest BCUT2D eigenvalue weighted by atomic mass is 16.1. The summed E-state index contributed by atoms with van der Waals surface area (Å²) < 4.78 is 0. The van der Waals surface area contributed by atoms with Crippen LogP contribution in [0.15, 0.2) is 0 Å². The quantitative estimate of drug-likeness (QED) is 0.437. The van der Waals surface area contributed by atoms with Gasteiger partial charge in [0.2, 0.25) is 0 Å². The van der Waals surface area contributed by atoms with E-state index in [0.717, 1.165) is 51.1 Å². The Labute approximate surface area is 79.7 Å². The van der Waals surface area contributed by atoms with Crippen molar-refractivity contribution >= 4 is 12.6 Å². The molecule has 3 nitrogen and oxygen atoms in total. The van der Waals surface area contributed by atoms with Crippen molar-refractivity contribution in [2.45, 2.75) is 51.0 Å². The molecule has 0 fully saturated rings. The van der Waals surface area contributed by atoms with E-state index in [2.05, 4.69) is 0 Å². The number of nitrogens with two attached hydrogens (primary N) is 1. The van der Waals surface area contributed by atoms with Crippen LogP contribution in [0, 0.1) is 0 Å². The summed E-state index contributed by atoms with van der Waals surface area (Å²) in [6, 6.07) is -0.282. The molecule has 0 spiro atoms. The zero-order valence-electron chi connectivity index (χ0n) is 8.08. The lowest BCUT2D eigenvalue weighted by Gasteiger charge is -2.02. The van der Waals surface area contributed by atoms with Gasteiger partial charge < -0.3 is 15.3 Å². The standard InChI is InChI=1S/C10H19NO2/c11-10(9-13)7-5-3-1-2-4-6-8-12/h8-10H,1-7,11H2. The van der Waals surface area contributed by atoms with E-state index in [-0.39, 0.29) is 6.04 Å². The van der Waals surface area contributed by atoms with Gasteiger partial charge >= 0.3 is 0 Å². The maximum Gasteiger partial charge on any atom is 0.136 e. The Morgan fingerprint density at radius 1 is 1.00 bits per heavy atom. The molecule has 13 heavy (non-hydrogen) atoms. The van der Waals surface area contributed by atoms with Crippen LogP contribution < -0.4 is 5.73 Å². The summed E-state index contributed by atoms with van der Waals surface area (Å²) in [5, 5.41) is 0. The SMILES string of the molecule is NC(C=O)CCCCCCCC=O. The lowest BCUT2D eigenvalue weighted by Crippen LogP contribution is -2.20. The van der Waals surface area contributed by atoms with Crippen LogP contribution in [0.3, 0.4) is 0 Å². The fourth-order valence-electron chi connectivity index (χ4n) is 1.21. The van der Waals surface area contributed by atoms with E-state index >= 15 is 0 Å². The third-order valence-corrected chi connectivity index (χ3v) is 2.03. The van der Waals surface area contributed by atoms with Gasteiger partial charge in [-0.1, -0.05) is 25.7 Å².